The summed E-state index contributed by atoms with van der Waals surface area (Å²) in [5.74, 6) is 1.03. The number of rotatable bonds is 6. The monoisotopic (exact) mass is 262 g/mol. The highest BCUT2D eigenvalue weighted by molar-refractivity contribution is 5.33. The van der Waals surface area contributed by atoms with Crippen LogP contribution in [0.4, 0.5) is 0 Å². The van der Waals surface area contributed by atoms with Crippen molar-refractivity contribution in [3.05, 3.63) is 29.8 Å². The van der Waals surface area contributed by atoms with Crippen molar-refractivity contribution in [2.24, 2.45) is 0 Å². The Labute approximate surface area is 116 Å². The van der Waals surface area contributed by atoms with Crippen molar-refractivity contribution in [2.75, 3.05) is 26.2 Å². The molecule has 3 heteroatoms. The molecule has 0 radical (unpaired) electrons. The first-order chi connectivity index (χ1) is 9.35. The Bertz CT molecular complexity index is 375. The molecule has 0 spiro atoms. The maximum absolute atomic E-state index is 5.73. The van der Waals surface area contributed by atoms with Crippen molar-refractivity contribution >= 4 is 0 Å². The van der Waals surface area contributed by atoms with Crippen LogP contribution in [0.2, 0.25) is 0 Å². The lowest BCUT2D eigenvalue weighted by atomic mass is 10.0. The first-order valence-corrected chi connectivity index (χ1v) is 7.50. The van der Waals surface area contributed by atoms with Crippen LogP contribution in [-0.2, 0) is 6.54 Å². The van der Waals surface area contributed by atoms with E-state index in [1.807, 2.05) is 13.0 Å². The summed E-state index contributed by atoms with van der Waals surface area (Å²) in [6, 6.07) is 9.07. The molecule has 1 aliphatic rings. The third-order valence-electron chi connectivity index (χ3n) is 3.84. The van der Waals surface area contributed by atoms with Crippen molar-refractivity contribution < 1.29 is 4.74 Å². The van der Waals surface area contributed by atoms with E-state index in [0.717, 1.165) is 32.0 Å². The fourth-order valence-electron chi connectivity index (χ4n) is 2.79. The minimum atomic E-state index is 0.661. The fraction of sp³-hybridized carbons (Fsp3) is 0.625. The van der Waals surface area contributed by atoms with E-state index >= 15 is 0 Å². The molecule has 1 N–H and O–H groups in total. The van der Waals surface area contributed by atoms with E-state index in [2.05, 4.69) is 35.3 Å². The molecular weight excluding hydrogens is 236 g/mol. The zero-order valence-electron chi connectivity index (χ0n) is 12.2. The molecule has 0 saturated carbocycles. The van der Waals surface area contributed by atoms with Gasteiger partial charge in [0.25, 0.3) is 0 Å². The maximum Gasteiger partial charge on any atom is 0.123 e. The highest BCUT2D eigenvalue weighted by Crippen LogP contribution is 2.22. The van der Waals surface area contributed by atoms with Crippen LogP contribution >= 0.6 is 0 Å². The summed E-state index contributed by atoms with van der Waals surface area (Å²) < 4.78 is 5.73. The molecule has 1 heterocycles. The van der Waals surface area contributed by atoms with Gasteiger partial charge in [-0.05, 0) is 38.9 Å². The summed E-state index contributed by atoms with van der Waals surface area (Å²) in [6.45, 7) is 9.38. The van der Waals surface area contributed by atoms with Crippen LogP contribution in [0.25, 0.3) is 0 Å². The van der Waals surface area contributed by atoms with Crippen molar-refractivity contribution in [1.29, 1.82) is 0 Å². The van der Waals surface area contributed by atoms with Crippen molar-refractivity contribution in [3.63, 3.8) is 0 Å². The van der Waals surface area contributed by atoms with Gasteiger partial charge < -0.3 is 10.1 Å². The summed E-state index contributed by atoms with van der Waals surface area (Å²) in [5.41, 5.74) is 1.30. The van der Waals surface area contributed by atoms with E-state index < -0.39 is 0 Å². The normalized spacial score (nSPS) is 19.6. The third kappa shape index (κ3) is 3.95. The summed E-state index contributed by atoms with van der Waals surface area (Å²) in [5, 5.41) is 3.50. The van der Waals surface area contributed by atoms with E-state index in [4.69, 9.17) is 4.74 Å². The Kier molecular flexibility index (Phi) is 5.67. The van der Waals surface area contributed by atoms with Gasteiger partial charge in [0, 0.05) is 24.7 Å². The molecule has 1 atom stereocenters. The molecule has 1 unspecified atom stereocenters. The number of nitrogens with one attached hydrogen (secondary N) is 1. The van der Waals surface area contributed by atoms with Crippen molar-refractivity contribution in [1.82, 2.24) is 10.2 Å². The SMILES string of the molecule is CCOc1ccccc1CN(CC)C1CCCNC1. The molecule has 1 aliphatic heterocycles. The van der Waals surface area contributed by atoms with Crippen LogP contribution in [-0.4, -0.2) is 37.2 Å². The van der Waals surface area contributed by atoms with Crippen LogP contribution in [0, 0.1) is 0 Å². The van der Waals surface area contributed by atoms with Gasteiger partial charge in [-0.1, -0.05) is 25.1 Å². The molecule has 0 aromatic heterocycles. The molecular formula is C16H26N2O. The average molecular weight is 262 g/mol. The number of nitrogens with zero attached hydrogens (tertiary/aromatic N) is 1. The number of likely N-dealkylation sites (N-methyl/N-ethyl adjacent to an activating group) is 1. The Morgan fingerprint density at radius 1 is 1.32 bits per heavy atom. The zero-order chi connectivity index (χ0) is 13.5. The number of hydrogen-bond donors (Lipinski definition) is 1. The predicted molar refractivity (Wildman–Crippen MR) is 79.6 cm³/mol. The van der Waals surface area contributed by atoms with Gasteiger partial charge in [0.15, 0.2) is 0 Å². The zero-order valence-corrected chi connectivity index (χ0v) is 12.2. The van der Waals surface area contributed by atoms with E-state index in [9.17, 15) is 0 Å². The lowest BCUT2D eigenvalue weighted by molar-refractivity contribution is 0.164. The Morgan fingerprint density at radius 2 is 2.16 bits per heavy atom. The lowest BCUT2D eigenvalue weighted by Crippen LogP contribution is -2.45. The van der Waals surface area contributed by atoms with Crippen LogP contribution in [0.3, 0.4) is 0 Å². The predicted octanol–water partition coefficient (Wildman–Crippen LogP) is 2.66. The van der Waals surface area contributed by atoms with E-state index in [1.54, 1.807) is 0 Å². The van der Waals surface area contributed by atoms with Gasteiger partial charge in [-0.15, -0.1) is 0 Å². The number of ether oxygens (including phenoxy) is 1. The largest absolute Gasteiger partial charge is 0.494 e. The highest BCUT2D eigenvalue weighted by Gasteiger charge is 2.20. The first kappa shape index (κ1) is 14.4. The molecule has 1 aromatic carbocycles. The Morgan fingerprint density at radius 3 is 2.84 bits per heavy atom. The number of piperidine rings is 1. The molecule has 1 fully saturated rings. The molecule has 0 aliphatic carbocycles. The van der Waals surface area contributed by atoms with Crippen LogP contribution in [0.1, 0.15) is 32.3 Å². The van der Waals surface area contributed by atoms with Gasteiger partial charge in [-0.25, -0.2) is 0 Å². The van der Waals surface area contributed by atoms with Gasteiger partial charge in [0.05, 0.1) is 6.61 Å². The molecule has 106 valence electrons. The quantitative estimate of drug-likeness (QED) is 0.853. The molecule has 1 saturated heterocycles. The topological polar surface area (TPSA) is 24.5 Å². The average Bonchev–Trinajstić information content (AvgIpc) is 2.47. The summed E-state index contributed by atoms with van der Waals surface area (Å²) >= 11 is 0. The third-order valence-corrected chi connectivity index (χ3v) is 3.84. The minimum absolute atomic E-state index is 0.661. The Hall–Kier alpha value is -1.06. The van der Waals surface area contributed by atoms with Crippen LogP contribution < -0.4 is 10.1 Å². The number of para-hydroxylation sites is 1. The molecule has 0 amide bonds. The van der Waals surface area contributed by atoms with Gasteiger partial charge in [-0.3, -0.25) is 4.90 Å². The molecule has 3 nitrogen and oxygen atoms in total. The second-order valence-corrected chi connectivity index (χ2v) is 5.10. The second kappa shape index (κ2) is 7.51. The summed E-state index contributed by atoms with van der Waals surface area (Å²) in [6.07, 6.45) is 2.59. The van der Waals surface area contributed by atoms with Crippen molar-refractivity contribution in [3.8, 4) is 5.75 Å². The maximum atomic E-state index is 5.73. The van der Waals surface area contributed by atoms with Crippen molar-refractivity contribution in [2.45, 2.75) is 39.3 Å². The lowest BCUT2D eigenvalue weighted by Gasteiger charge is -2.34. The van der Waals surface area contributed by atoms with Gasteiger partial charge >= 0.3 is 0 Å². The second-order valence-electron chi connectivity index (χ2n) is 5.10. The molecule has 0 bridgehead atoms. The summed E-state index contributed by atoms with van der Waals surface area (Å²) in [4.78, 5) is 2.56. The molecule has 1 aromatic rings. The first-order valence-electron chi connectivity index (χ1n) is 7.50. The van der Waals surface area contributed by atoms with Gasteiger partial charge in [-0.2, -0.15) is 0 Å². The van der Waals surface area contributed by atoms with E-state index in [0.29, 0.717) is 6.04 Å². The van der Waals surface area contributed by atoms with Gasteiger partial charge in [0.2, 0.25) is 0 Å². The number of hydrogen-bond acceptors (Lipinski definition) is 3. The van der Waals surface area contributed by atoms with Crippen LogP contribution in [0.5, 0.6) is 5.75 Å². The molecule has 19 heavy (non-hydrogen) atoms. The smallest absolute Gasteiger partial charge is 0.123 e. The van der Waals surface area contributed by atoms with Gasteiger partial charge in [0.1, 0.15) is 5.75 Å². The Balaban J connectivity index is 2.04. The minimum Gasteiger partial charge on any atom is -0.494 e. The number of benzene rings is 1. The molecule has 2 rings (SSSR count). The highest BCUT2D eigenvalue weighted by atomic mass is 16.5. The standard InChI is InChI=1S/C16H26N2O/c1-3-18(15-9-7-11-17-12-15)13-14-8-5-6-10-16(14)19-4-2/h5-6,8,10,15,17H,3-4,7,9,11-13H2,1-2H3. The van der Waals surface area contributed by atoms with E-state index in [1.165, 1.54) is 24.9 Å². The summed E-state index contributed by atoms with van der Waals surface area (Å²) in [7, 11) is 0. The fourth-order valence-corrected chi connectivity index (χ4v) is 2.79. The van der Waals surface area contributed by atoms with E-state index in [-0.39, 0.29) is 0 Å². The van der Waals surface area contributed by atoms with Crippen LogP contribution in [0.15, 0.2) is 24.3 Å².